The van der Waals surface area contributed by atoms with E-state index in [1.807, 2.05) is 24.3 Å². The number of nitrogens with one attached hydrogen (secondary N) is 1. The molecule has 2 aromatic rings. The van der Waals surface area contributed by atoms with Gasteiger partial charge in [-0.15, -0.1) is 0 Å². The molecule has 1 unspecified atom stereocenters. The maximum atomic E-state index is 12.0. The number of carbonyl (C=O) groups is 1. The van der Waals surface area contributed by atoms with Crippen molar-refractivity contribution >= 4 is 52.7 Å². The molecule has 26 heavy (non-hydrogen) atoms. The number of urea groups is 1. The monoisotopic (exact) mass is 411 g/mol. The predicted molar refractivity (Wildman–Crippen MR) is 106 cm³/mol. The summed E-state index contributed by atoms with van der Waals surface area (Å²) in [5.41, 5.74) is 2.19. The number of methoxy groups -OCH3 is 1. The van der Waals surface area contributed by atoms with Crippen molar-refractivity contribution in [2.45, 2.75) is 5.92 Å². The smallest absolute Gasteiger partial charge is 0.342 e. The van der Waals surface area contributed by atoms with Crippen LogP contribution in [0.5, 0.6) is 0 Å². The summed E-state index contributed by atoms with van der Waals surface area (Å²) in [5, 5.41) is 9.48. The van der Waals surface area contributed by atoms with E-state index < -0.39 is 0 Å². The van der Waals surface area contributed by atoms with E-state index in [0.717, 1.165) is 11.1 Å². The Morgan fingerprint density at radius 2 is 1.85 bits per heavy atom. The molecule has 0 aromatic heterocycles. The average Bonchev–Trinajstić information content (AvgIpc) is 2.61. The summed E-state index contributed by atoms with van der Waals surface area (Å²) >= 11 is 19.1. The number of amides is 2. The van der Waals surface area contributed by atoms with Crippen LogP contribution in [0.2, 0.25) is 15.1 Å². The highest BCUT2D eigenvalue weighted by Crippen LogP contribution is 2.39. The van der Waals surface area contributed by atoms with Crippen molar-refractivity contribution in [2.24, 2.45) is 5.10 Å². The van der Waals surface area contributed by atoms with Gasteiger partial charge in [-0.25, -0.2) is 4.79 Å². The third kappa shape index (κ3) is 3.96. The van der Waals surface area contributed by atoms with Gasteiger partial charge in [0, 0.05) is 34.3 Å². The minimum absolute atomic E-state index is 0.176. The third-order valence-corrected chi connectivity index (χ3v) is 4.87. The van der Waals surface area contributed by atoms with Gasteiger partial charge in [-0.1, -0.05) is 46.9 Å². The zero-order valence-electron chi connectivity index (χ0n) is 13.9. The minimum Gasteiger partial charge on any atom is -0.384 e. The molecule has 2 amide bonds. The van der Waals surface area contributed by atoms with E-state index in [-0.39, 0.29) is 11.9 Å². The van der Waals surface area contributed by atoms with Gasteiger partial charge in [-0.05, 0) is 35.4 Å². The third-order valence-electron chi connectivity index (χ3n) is 4.00. The first-order chi connectivity index (χ1) is 12.5. The van der Waals surface area contributed by atoms with E-state index in [1.54, 1.807) is 25.5 Å². The SMILES string of the molecule is COCC(c1ccc(Cl)cc1)c1c(Cl)cc(N2N=CCNC2=O)cc1Cl. The van der Waals surface area contributed by atoms with Crippen LogP contribution in [0.4, 0.5) is 10.5 Å². The Bertz CT molecular complexity index is 817. The number of hydrogen-bond acceptors (Lipinski definition) is 3. The van der Waals surface area contributed by atoms with Crippen molar-refractivity contribution in [1.82, 2.24) is 5.32 Å². The van der Waals surface area contributed by atoms with Crippen LogP contribution in [0, 0.1) is 0 Å². The second-order valence-electron chi connectivity index (χ2n) is 5.68. The quantitative estimate of drug-likeness (QED) is 0.756. The molecular formula is C18H16Cl3N3O2. The Hall–Kier alpha value is -1.79. The lowest BCUT2D eigenvalue weighted by Crippen LogP contribution is -2.41. The summed E-state index contributed by atoms with van der Waals surface area (Å²) in [4.78, 5) is 12.0. The van der Waals surface area contributed by atoms with Crippen molar-refractivity contribution in [3.8, 4) is 0 Å². The Morgan fingerprint density at radius 1 is 1.19 bits per heavy atom. The van der Waals surface area contributed by atoms with E-state index in [1.165, 1.54) is 5.01 Å². The van der Waals surface area contributed by atoms with Gasteiger partial charge in [-0.3, -0.25) is 0 Å². The van der Waals surface area contributed by atoms with Crippen LogP contribution >= 0.6 is 34.8 Å². The Balaban J connectivity index is 2.03. The molecule has 136 valence electrons. The molecular weight excluding hydrogens is 397 g/mol. The molecule has 1 N–H and O–H groups in total. The van der Waals surface area contributed by atoms with E-state index in [0.29, 0.717) is 33.9 Å². The first kappa shape index (κ1) is 19.0. The number of anilines is 1. The van der Waals surface area contributed by atoms with Crippen LogP contribution in [0.3, 0.4) is 0 Å². The van der Waals surface area contributed by atoms with Crippen LogP contribution in [0.1, 0.15) is 17.0 Å². The van der Waals surface area contributed by atoms with Gasteiger partial charge in [0.15, 0.2) is 0 Å². The molecule has 0 fully saturated rings. The van der Waals surface area contributed by atoms with Gasteiger partial charge in [-0.2, -0.15) is 10.1 Å². The molecule has 0 saturated heterocycles. The second-order valence-corrected chi connectivity index (χ2v) is 6.93. The lowest BCUT2D eigenvalue weighted by atomic mass is 9.91. The van der Waals surface area contributed by atoms with E-state index in [9.17, 15) is 4.79 Å². The number of hydrazone groups is 1. The van der Waals surface area contributed by atoms with Crippen molar-refractivity contribution in [2.75, 3.05) is 25.3 Å². The molecule has 8 heteroatoms. The topological polar surface area (TPSA) is 53.9 Å². The van der Waals surface area contributed by atoms with E-state index in [2.05, 4.69) is 10.4 Å². The number of nitrogens with zero attached hydrogens (tertiary/aromatic N) is 2. The Labute approximate surface area is 166 Å². The molecule has 0 saturated carbocycles. The summed E-state index contributed by atoms with van der Waals surface area (Å²) in [6.07, 6.45) is 1.60. The number of hydrogen-bond donors (Lipinski definition) is 1. The summed E-state index contributed by atoms with van der Waals surface area (Å²) in [6.45, 7) is 0.782. The van der Waals surface area contributed by atoms with Gasteiger partial charge in [0.2, 0.25) is 0 Å². The highest BCUT2D eigenvalue weighted by Gasteiger charge is 2.24. The van der Waals surface area contributed by atoms with Crippen molar-refractivity contribution in [1.29, 1.82) is 0 Å². The minimum atomic E-state index is -0.335. The average molecular weight is 413 g/mol. The molecule has 1 aliphatic rings. The maximum absolute atomic E-state index is 12.0. The fourth-order valence-corrected chi connectivity index (χ4v) is 3.67. The van der Waals surface area contributed by atoms with Gasteiger partial charge >= 0.3 is 6.03 Å². The Morgan fingerprint density at radius 3 is 2.42 bits per heavy atom. The molecule has 1 aliphatic heterocycles. The molecule has 1 heterocycles. The first-order valence-corrected chi connectivity index (χ1v) is 8.98. The number of benzene rings is 2. The molecule has 0 radical (unpaired) electrons. The molecule has 0 bridgehead atoms. The lowest BCUT2D eigenvalue weighted by Gasteiger charge is -2.24. The van der Waals surface area contributed by atoms with Crippen LogP contribution in [-0.2, 0) is 4.74 Å². The highest BCUT2D eigenvalue weighted by molar-refractivity contribution is 6.36. The molecule has 5 nitrogen and oxygen atoms in total. The zero-order chi connectivity index (χ0) is 18.7. The Kier molecular flexibility index (Phi) is 6.04. The summed E-state index contributed by atoms with van der Waals surface area (Å²) in [6, 6.07) is 10.4. The molecule has 0 aliphatic carbocycles. The van der Waals surface area contributed by atoms with Gasteiger partial charge in [0.05, 0.1) is 18.8 Å². The normalized spacial score (nSPS) is 15.1. The largest absolute Gasteiger partial charge is 0.384 e. The molecule has 3 rings (SSSR count). The second kappa shape index (κ2) is 8.27. The van der Waals surface area contributed by atoms with Crippen molar-refractivity contribution in [3.05, 3.63) is 62.6 Å². The van der Waals surface area contributed by atoms with Gasteiger partial charge in [0.25, 0.3) is 0 Å². The van der Waals surface area contributed by atoms with E-state index >= 15 is 0 Å². The summed E-state index contributed by atoms with van der Waals surface area (Å²) in [7, 11) is 1.62. The number of rotatable bonds is 5. The molecule has 1 atom stereocenters. The zero-order valence-corrected chi connectivity index (χ0v) is 16.1. The molecule has 2 aromatic carbocycles. The number of carbonyl (C=O) groups excluding carboxylic acids is 1. The predicted octanol–water partition coefficient (Wildman–Crippen LogP) is 4.94. The number of ether oxygens (including phenoxy) is 1. The fraction of sp³-hybridized carbons (Fsp3) is 0.222. The highest BCUT2D eigenvalue weighted by atomic mass is 35.5. The summed E-state index contributed by atoms with van der Waals surface area (Å²) < 4.78 is 5.37. The first-order valence-electron chi connectivity index (χ1n) is 7.85. The van der Waals surface area contributed by atoms with Gasteiger partial charge < -0.3 is 10.1 Å². The lowest BCUT2D eigenvalue weighted by molar-refractivity contribution is 0.189. The van der Waals surface area contributed by atoms with Crippen molar-refractivity contribution < 1.29 is 9.53 Å². The van der Waals surface area contributed by atoms with Crippen LogP contribution in [0.25, 0.3) is 0 Å². The van der Waals surface area contributed by atoms with Crippen molar-refractivity contribution in [3.63, 3.8) is 0 Å². The van der Waals surface area contributed by atoms with Crippen LogP contribution < -0.4 is 10.3 Å². The molecule has 0 spiro atoms. The number of halogens is 3. The standard InChI is InChI=1S/C18H16Cl3N3O2/c1-26-10-14(11-2-4-12(19)5-3-11)17-15(20)8-13(9-16(17)21)24-18(25)22-6-7-23-24/h2-5,7-9,14H,6,10H2,1H3,(H,22,25). The van der Waals surface area contributed by atoms with Crippen LogP contribution in [-0.4, -0.2) is 32.5 Å². The van der Waals surface area contributed by atoms with Gasteiger partial charge in [0.1, 0.15) is 0 Å². The fourth-order valence-electron chi connectivity index (χ4n) is 2.80. The van der Waals surface area contributed by atoms with E-state index in [4.69, 9.17) is 39.5 Å². The maximum Gasteiger partial charge on any atom is 0.342 e. The van der Waals surface area contributed by atoms with Crippen LogP contribution in [0.15, 0.2) is 41.5 Å². The summed E-state index contributed by atoms with van der Waals surface area (Å²) in [5.74, 6) is -0.176.